The van der Waals surface area contributed by atoms with Crippen molar-refractivity contribution in [2.24, 2.45) is 18.4 Å². The maximum Gasteiger partial charge on any atom is 0.282 e. The molecule has 4 atom stereocenters. The van der Waals surface area contributed by atoms with Crippen LogP contribution in [-0.2, 0) is 22.1 Å². The van der Waals surface area contributed by atoms with Crippen LogP contribution in [0.3, 0.4) is 0 Å². The van der Waals surface area contributed by atoms with Crippen molar-refractivity contribution in [2.75, 3.05) is 44.2 Å². The first-order chi connectivity index (χ1) is 33.0. The molecule has 10 rings (SSSR count). The molecule has 3 aromatic carbocycles. The fourth-order valence-corrected chi connectivity index (χ4v) is 11.8. The quantitative estimate of drug-likeness (QED) is 0.144. The van der Waals surface area contributed by atoms with Gasteiger partial charge in [-0.25, -0.2) is 4.68 Å². The monoisotopic (exact) mass is 953 g/mol. The van der Waals surface area contributed by atoms with Crippen molar-refractivity contribution in [1.29, 1.82) is 0 Å². The van der Waals surface area contributed by atoms with Crippen LogP contribution >= 0.6 is 11.6 Å². The van der Waals surface area contributed by atoms with Crippen LogP contribution in [0.25, 0.3) is 27.8 Å². The first kappa shape index (κ1) is 46.8. The number of aliphatic hydroxyl groups excluding tert-OH is 1. The second kappa shape index (κ2) is 18.1. The number of rotatable bonds is 10. The molecule has 2 amide bonds. The number of carbonyl (C=O) groups is 2. The molecule has 6 heterocycles. The Kier molecular flexibility index (Phi) is 12.3. The van der Waals surface area contributed by atoms with Crippen LogP contribution < -0.4 is 15.8 Å². The van der Waals surface area contributed by atoms with Crippen molar-refractivity contribution < 1.29 is 14.7 Å². The van der Waals surface area contributed by atoms with Crippen LogP contribution in [0.15, 0.2) is 83.9 Å². The maximum absolute atomic E-state index is 14.6. The Labute approximate surface area is 408 Å². The van der Waals surface area contributed by atoms with Crippen molar-refractivity contribution >= 4 is 40.0 Å². The number of piperazine rings is 1. The SMILES string of the molecule is C[C@H](NC(=O)[C@@H]1C[C@@H](O)CN1C(=O)[C@@H](n1cc(C2CCC(CN3CCN(c4ccc5c(c4)-n4c(nc(=O)c6c(Cl)cccc64)C5(C)C)CC3)CC2)nn1)C(C)(C)C)c1ccc(-c2ccnn2C)cc1. The van der Waals surface area contributed by atoms with Crippen molar-refractivity contribution in [3.05, 3.63) is 117 Å². The smallest absolute Gasteiger partial charge is 0.282 e. The Balaban J connectivity index is 0.742. The molecule has 2 N–H and O–H groups in total. The van der Waals surface area contributed by atoms with Gasteiger partial charge in [0.05, 0.1) is 50.6 Å². The van der Waals surface area contributed by atoms with Crippen molar-refractivity contribution in [2.45, 2.75) is 109 Å². The van der Waals surface area contributed by atoms with Gasteiger partial charge < -0.3 is 20.2 Å². The molecule has 1 saturated carbocycles. The summed E-state index contributed by atoms with van der Waals surface area (Å²) >= 11 is 6.54. The number of β-amino-alcohol motifs (C(OH)–C–C–N with tert-alkyl or cyclic N) is 1. The summed E-state index contributed by atoms with van der Waals surface area (Å²) in [5, 5.41) is 28.3. The van der Waals surface area contributed by atoms with E-state index in [1.807, 2.05) is 88.1 Å². The summed E-state index contributed by atoms with van der Waals surface area (Å²) < 4.78 is 5.65. The Hall–Kier alpha value is -5.90. The molecule has 3 aliphatic heterocycles. The summed E-state index contributed by atoms with van der Waals surface area (Å²) in [5.41, 5.74) is 6.76. The molecule has 0 radical (unpaired) electrons. The van der Waals surface area contributed by atoms with Crippen LogP contribution in [0, 0.1) is 11.3 Å². The Bertz CT molecular complexity index is 2960. The largest absolute Gasteiger partial charge is 0.391 e. The number of hydrogen-bond donors (Lipinski definition) is 2. The first-order valence-electron chi connectivity index (χ1n) is 24.6. The summed E-state index contributed by atoms with van der Waals surface area (Å²) in [7, 11) is 1.90. The van der Waals surface area contributed by atoms with Gasteiger partial charge in [-0.3, -0.25) is 28.5 Å². The van der Waals surface area contributed by atoms with Crippen molar-refractivity contribution in [1.82, 2.24) is 49.4 Å². The fourth-order valence-electron chi connectivity index (χ4n) is 11.6. The van der Waals surface area contributed by atoms with Crippen LogP contribution in [0.4, 0.5) is 5.69 Å². The second-order valence-corrected chi connectivity index (χ2v) is 21.9. The van der Waals surface area contributed by atoms with Gasteiger partial charge >= 0.3 is 0 Å². The summed E-state index contributed by atoms with van der Waals surface area (Å²) in [5.74, 6) is 1.06. The molecule has 16 heteroatoms. The van der Waals surface area contributed by atoms with Gasteiger partial charge in [-0.15, -0.1) is 5.10 Å². The summed E-state index contributed by atoms with van der Waals surface area (Å²) in [6.45, 7) is 17.2. The highest BCUT2D eigenvalue weighted by molar-refractivity contribution is 6.35. The van der Waals surface area contributed by atoms with E-state index in [0.717, 1.165) is 104 Å². The maximum atomic E-state index is 14.6. The van der Waals surface area contributed by atoms with Crippen LogP contribution in [0.5, 0.6) is 0 Å². The van der Waals surface area contributed by atoms with E-state index in [1.54, 1.807) is 21.8 Å². The van der Waals surface area contributed by atoms with E-state index in [1.165, 1.54) is 5.69 Å². The van der Waals surface area contributed by atoms with Gasteiger partial charge in [0, 0.05) is 76.7 Å². The highest BCUT2D eigenvalue weighted by Gasteiger charge is 2.46. The number of likely N-dealkylation sites (tertiary alicyclic amines) is 1. The highest BCUT2D eigenvalue weighted by atomic mass is 35.5. The van der Waals surface area contributed by atoms with Crippen molar-refractivity contribution in [3.63, 3.8) is 0 Å². The lowest BCUT2D eigenvalue weighted by Gasteiger charge is -2.39. The van der Waals surface area contributed by atoms with Gasteiger partial charge in [0.15, 0.2) is 0 Å². The standard InChI is InChI=1S/C53H64ClN11O4/c1-32(34-15-17-36(18-16-34)42-21-22-55-60(42)7)56-48(67)45-28-38(66)30-63(45)50(69)47(52(2,3)4)64-31-41(58-59-64)35-13-11-33(12-14-35)29-61-23-25-62(26-24-61)37-19-20-39-44(27-37)65-43-10-8-9-40(54)46(43)49(68)57-51(65)53(39,5)6/h8-10,15-22,27,31-33,35,38,45,47,66H,11-14,23-26,28-30H2,1-7H3,(H,56,67)/t32-,33?,35?,38+,45-,47+/m0/s1. The van der Waals surface area contributed by atoms with Gasteiger partial charge in [-0.05, 0) is 105 Å². The molecule has 3 fully saturated rings. The lowest BCUT2D eigenvalue weighted by molar-refractivity contribution is -0.144. The highest BCUT2D eigenvalue weighted by Crippen LogP contribution is 2.45. The number of nitrogens with one attached hydrogen (secondary N) is 1. The molecule has 0 spiro atoms. The number of nitrogens with zero attached hydrogens (tertiary/aromatic N) is 10. The van der Waals surface area contributed by atoms with Gasteiger partial charge in [0.1, 0.15) is 17.9 Å². The molecule has 362 valence electrons. The van der Waals surface area contributed by atoms with E-state index in [-0.39, 0.29) is 42.3 Å². The predicted octanol–water partition coefficient (Wildman–Crippen LogP) is 7.19. The minimum Gasteiger partial charge on any atom is -0.391 e. The normalized spacial score (nSPS) is 22.4. The number of aliphatic hydroxyl groups is 1. The molecule has 0 bridgehead atoms. The van der Waals surface area contributed by atoms with Crippen LogP contribution in [0.2, 0.25) is 5.02 Å². The van der Waals surface area contributed by atoms with Gasteiger partial charge in [-0.1, -0.05) is 74.0 Å². The number of aryl methyl sites for hydroxylation is 1. The van der Waals surface area contributed by atoms with E-state index in [2.05, 4.69) is 72.1 Å². The molecule has 1 aliphatic carbocycles. The predicted molar refractivity (Wildman–Crippen MR) is 268 cm³/mol. The molecular weight excluding hydrogens is 890 g/mol. The zero-order valence-electron chi connectivity index (χ0n) is 40.8. The van der Waals surface area contributed by atoms with E-state index < -0.39 is 29.0 Å². The molecule has 2 saturated heterocycles. The average molecular weight is 955 g/mol. The molecule has 6 aromatic rings. The summed E-state index contributed by atoms with van der Waals surface area (Å²) in [4.78, 5) is 52.8. The fraction of sp³-hybridized carbons (Fsp3) is 0.491. The minimum absolute atomic E-state index is 0.0786. The molecule has 69 heavy (non-hydrogen) atoms. The van der Waals surface area contributed by atoms with Gasteiger partial charge in [0.2, 0.25) is 11.8 Å². The molecule has 15 nitrogen and oxygen atoms in total. The molecule has 3 aromatic heterocycles. The van der Waals surface area contributed by atoms with E-state index in [0.29, 0.717) is 16.3 Å². The Morgan fingerprint density at radius 1 is 0.971 bits per heavy atom. The Morgan fingerprint density at radius 3 is 2.41 bits per heavy atom. The number of hydrogen-bond acceptors (Lipinski definition) is 10. The zero-order chi connectivity index (χ0) is 48.5. The summed E-state index contributed by atoms with van der Waals surface area (Å²) in [6, 6.07) is 20.4. The van der Waals surface area contributed by atoms with Crippen molar-refractivity contribution in [3.8, 4) is 16.9 Å². The lowest BCUT2D eigenvalue weighted by Crippen LogP contribution is -2.50. The third kappa shape index (κ3) is 8.75. The topological polar surface area (TPSA) is 160 Å². The lowest BCUT2D eigenvalue weighted by atomic mass is 9.80. The third-order valence-corrected chi connectivity index (χ3v) is 15.8. The van der Waals surface area contributed by atoms with Gasteiger partial charge in [0.25, 0.3) is 5.56 Å². The zero-order valence-corrected chi connectivity index (χ0v) is 41.5. The second-order valence-electron chi connectivity index (χ2n) is 21.5. The van der Waals surface area contributed by atoms with E-state index >= 15 is 0 Å². The minimum atomic E-state index is -0.812. The number of aromatic nitrogens is 7. The third-order valence-electron chi connectivity index (χ3n) is 15.4. The number of amides is 2. The Morgan fingerprint density at radius 2 is 1.71 bits per heavy atom. The van der Waals surface area contributed by atoms with E-state index in [4.69, 9.17) is 11.6 Å². The number of carbonyl (C=O) groups excluding carboxylic acids is 2. The van der Waals surface area contributed by atoms with E-state index in [9.17, 15) is 19.5 Å². The number of anilines is 1. The number of fused-ring (bicyclic) bond motifs is 5. The molecular formula is C53H64ClN11O4. The molecule has 0 unspecified atom stereocenters. The average Bonchev–Trinajstić information content (AvgIpc) is 4.12. The number of benzene rings is 3. The number of halogens is 1. The van der Waals surface area contributed by atoms with Crippen LogP contribution in [-0.4, -0.2) is 112 Å². The van der Waals surface area contributed by atoms with Crippen LogP contribution in [0.1, 0.15) is 114 Å². The molecule has 4 aliphatic rings. The summed E-state index contributed by atoms with van der Waals surface area (Å²) in [6.07, 6.45) is 7.29. The van der Waals surface area contributed by atoms with Gasteiger partial charge in [-0.2, -0.15) is 10.1 Å². The first-order valence-corrected chi connectivity index (χ1v) is 25.0.